The molecule has 0 N–H and O–H groups in total. The molecule has 0 amide bonds. The lowest BCUT2D eigenvalue weighted by Gasteiger charge is -2.03. The Labute approximate surface area is 81.2 Å². The Hall–Kier alpha value is -1.90. The quantitative estimate of drug-likeness (QED) is 0.387. The average molecular weight is 187 g/mol. The molecule has 0 aliphatic heterocycles. The number of nitrogens with zero attached hydrogens (tertiary/aromatic N) is 1. The standard InChI is InChI=1S/C11H9NO2/c1-8(13)9-4-2-6-11-10(9)5-3-7-12(11)14/h2-7H,1H3. The van der Waals surface area contributed by atoms with Crippen molar-refractivity contribution in [1.29, 1.82) is 0 Å². The monoisotopic (exact) mass is 187 g/mol. The molecule has 0 bridgehead atoms. The minimum Gasteiger partial charge on any atom is -0.618 e. The van der Waals surface area contributed by atoms with E-state index >= 15 is 0 Å². The first-order valence-corrected chi connectivity index (χ1v) is 4.32. The number of fused-ring (bicyclic) bond motifs is 1. The molecule has 14 heavy (non-hydrogen) atoms. The molecule has 2 aromatic rings. The van der Waals surface area contributed by atoms with Crippen LogP contribution in [0.5, 0.6) is 0 Å². The van der Waals surface area contributed by atoms with Gasteiger partial charge in [0.15, 0.2) is 12.0 Å². The Kier molecular flexibility index (Phi) is 1.93. The average Bonchev–Trinajstić information content (AvgIpc) is 2.17. The van der Waals surface area contributed by atoms with Crippen LogP contribution in [0, 0.1) is 5.21 Å². The Morgan fingerprint density at radius 3 is 2.79 bits per heavy atom. The molecular weight excluding hydrogens is 178 g/mol. The number of ketones is 1. The van der Waals surface area contributed by atoms with Crippen molar-refractivity contribution < 1.29 is 9.52 Å². The number of hydrogen-bond donors (Lipinski definition) is 0. The highest BCUT2D eigenvalue weighted by Gasteiger charge is 2.09. The summed E-state index contributed by atoms with van der Waals surface area (Å²) in [6, 6.07) is 8.56. The fourth-order valence-corrected chi connectivity index (χ4v) is 1.53. The van der Waals surface area contributed by atoms with Gasteiger partial charge in [0.1, 0.15) is 0 Å². The Balaban J connectivity index is 2.88. The van der Waals surface area contributed by atoms with E-state index in [1.807, 2.05) is 0 Å². The summed E-state index contributed by atoms with van der Waals surface area (Å²) < 4.78 is 0.766. The highest BCUT2D eigenvalue weighted by Crippen LogP contribution is 2.15. The largest absolute Gasteiger partial charge is 0.618 e. The van der Waals surface area contributed by atoms with E-state index in [0.717, 1.165) is 4.73 Å². The van der Waals surface area contributed by atoms with Gasteiger partial charge >= 0.3 is 0 Å². The fraction of sp³-hybridized carbons (Fsp3) is 0.0909. The zero-order valence-corrected chi connectivity index (χ0v) is 7.73. The molecule has 70 valence electrons. The third-order valence-corrected chi connectivity index (χ3v) is 2.18. The van der Waals surface area contributed by atoms with E-state index in [9.17, 15) is 10.0 Å². The molecule has 1 aromatic heterocycles. The number of benzene rings is 1. The van der Waals surface area contributed by atoms with Crippen molar-refractivity contribution in [1.82, 2.24) is 0 Å². The summed E-state index contributed by atoms with van der Waals surface area (Å²) in [6.45, 7) is 1.50. The van der Waals surface area contributed by atoms with Crippen LogP contribution in [0.1, 0.15) is 17.3 Å². The topological polar surface area (TPSA) is 44.0 Å². The first-order valence-electron chi connectivity index (χ1n) is 4.32. The minimum atomic E-state index is -0.0261. The van der Waals surface area contributed by atoms with Gasteiger partial charge < -0.3 is 5.21 Å². The van der Waals surface area contributed by atoms with Crippen molar-refractivity contribution in [2.45, 2.75) is 6.92 Å². The van der Waals surface area contributed by atoms with Gasteiger partial charge in [-0.3, -0.25) is 4.79 Å². The zero-order chi connectivity index (χ0) is 10.1. The first-order chi connectivity index (χ1) is 6.70. The van der Waals surface area contributed by atoms with E-state index in [0.29, 0.717) is 16.5 Å². The lowest BCUT2D eigenvalue weighted by molar-refractivity contribution is -0.577. The van der Waals surface area contributed by atoms with E-state index in [2.05, 4.69) is 0 Å². The molecular formula is C11H9NO2. The molecule has 0 saturated carbocycles. The lowest BCUT2D eigenvalue weighted by atomic mass is 10.1. The van der Waals surface area contributed by atoms with E-state index in [1.165, 1.54) is 13.1 Å². The van der Waals surface area contributed by atoms with Crippen molar-refractivity contribution >= 4 is 16.7 Å². The van der Waals surface area contributed by atoms with Gasteiger partial charge in [0.25, 0.3) is 0 Å². The second-order valence-corrected chi connectivity index (χ2v) is 3.13. The van der Waals surface area contributed by atoms with Crippen molar-refractivity contribution in [3.05, 3.63) is 47.3 Å². The van der Waals surface area contributed by atoms with Crippen LogP contribution in [0.4, 0.5) is 0 Å². The number of carbonyl (C=O) groups is 1. The number of rotatable bonds is 1. The maximum absolute atomic E-state index is 11.4. The SMILES string of the molecule is CC(=O)c1cccc2c1ccc[n+]2[O-]. The number of carbonyl (C=O) groups excluding carboxylic acids is 1. The molecule has 3 heteroatoms. The molecule has 1 aromatic carbocycles. The molecule has 2 rings (SSSR count). The molecule has 0 fully saturated rings. The van der Waals surface area contributed by atoms with E-state index < -0.39 is 0 Å². The second kappa shape index (κ2) is 3.10. The van der Waals surface area contributed by atoms with Gasteiger partial charge in [-0.15, -0.1) is 0 Å². The fourth-order valence-electron chi connectivity index (χ4n) is 1.53. The Bertz CT molecular complexity index is 506. The van der Waals surface area contributed by atoms with Crippen LogP contribution in [0.3, 0.4) is 0 Å². The summed E-state index contributed by atoms with van der Waals surface area (Å²) >= 11 is 0. The van der Waals surface area contributed by atoms with E-state index in [-0.39, 0.29) is 5.78 Å². The predicted octanol–water partition coefficient (Wildman–Crippen LogP) is 1.68. The normalized spacial score (nSPS) is 10.4. The van der Waals surface area contributed by atoms with Gasteiger partial charge in [0.2, 0.25) is 5.52 Å². The Morgan fingerprint density at radius 2 is 2.07 bits per heavy atom. The summed E-state index contributed by atoms with van der Waals surface area (Å²) in [5.41, 5.74) is 1.12. The summed E-state index contributed by atoms with van der Waals surface area (Å²) in [4.78, 5) is 11.3. The summed E-state index contributed by atoms with van der Waals surface area (Å²) in [5.74, 6) is -0.0261. The third-order valence-electron chi connectivity index (χ3n) is 2.18. The molecule has 0 spiro atoms. The number of Topliss-reactive ketones (excluding diaryl/α,β-unsaturated/α-hetero) is 1. The van der Waals surface area contributed by atoms with Gasteiger partial charge in [-0.05, 0) is 13.0 Å². The van der Waals surface area contributed by atoms with Crippen molar-refractivity contribution in [2.24, 2.45) is 0 Å². The number of hydrogen-bond acceptors (Lipinski definition) is 2. The van der Waals surface area contributed by atoms with Crippen LogP contribution in [0.15, 0.2) is 36.5 Å². The summed E-state index contributed by atoms with van der Waals surface area (Å²) in [5, 5.41) is 12.1. The number of pyridine rings is 1. The molecule has 3 nitrogen and oxygen atoms in total. The maximum atomic E-state index is 11.4. The molecule has 1 heterocycles. The van der Waals surface area contributed by atoms with Crippen LogP contribution < -0.4 is 4.73 Å². The zero-order valence-electron chi connectivity index (χ0n) is 7.73. The second-order valence-electron chi connectivity index (χ2n) is 3.13. The third kappa shape index (κ3) is 1.23. The predicted molar refractivity (Wildman–Crippen MR) is 52.9 cm³/mol. The maximum Gasteiger partial charge on any atom is 0.224 e. The molecule has 0 saturated heterocycles. The summed E-state index contributed by atoms with van der Waals surface area (Å²) in [7, 11) is 0. The number of aromatic nitrogens is 1. The van der Waals surface area contributed by atoms with Crippen molar-refractivity contribution in [2.75, 3.05) is 0 Å². The van der Waals surface area contributed by atoms with Crippen LogP contribution in [0.25, 0.3) is 10.9 Å². The van der Waals surface area contributed by atoms with E-state index in [4.69, 9.17) is 0 Å². The highest BCUT2D eigenvalue weighted by atomic mass is 16.5. The smallest absolute Gasteiger partial charge is 0.224 e. The Morgan fingerprint density at radius 1 is 1.29 bits per heavy atom. The van der Waals surface area contributed by atoms with Crippen molar-refractivity contribution in [3.8, 4) is 0 Å². The van der Waals surface area contributed by atoms with Crippen LogP contribution in [0.2, 0.25) is 0 Å². The highest BCUT2D eigenvalue weighted by molar-refractivity contribution is 6.05. The van der Waals surface area contributed by atoms with Gasteiger partial charge in [0.05, 0.1) is 5.39 Å². The lowest BCUT2D eigenvalue weighted by Crippen LogP contribution is -2.26. The van der Waals surface area contributed by atoms with E-state index in [1.54, 1.807) is 30.3 Å². The van der Waals surface area contributed by atoms with Gasteiger partial charge in [0, 0.05) is 17.7 Å². The van der Waals surface area contributed by atoms with Crippen LogP contribution >= 0.6 is 0 Å². The summed E-state index contributed by atoms with van der Waals surface area (Å²) in [6.07, 6.45) is 1.42. The molecule has 0 radical (unpaired) electrons. The van der Waals surface area contributed by atoms with Crippen LogP contribution in [-0.2, 0) is 0 Å². The van der Waals surface area contributed by atoms with Gasteiger partial charge in [-0.25, -0.2) is 0 Å². The van der Waals surface area contributed by atoms with Gasteiger partial charge in [-0.1, -0.05) is 12.1 Å². The molecule has 0 aliphatic carbocycles. The molecule has 0 unspecified atom stereocenters. The first kappa shape index (κ1) is 8.69. The molecule has 0 aliphatic rings. The van der Waals surface area contributed by atoms with Gasteiger partial charge in [-0.2, -0.15) is 4.73 Å². The van der Waals surface area contributed by atoms with Crippen LogP contribution in [-0.4, -0.2) is 5.78 Å². The minimum absolute atomic E-state index is 0.0261. The molecule has 0 atom stereocenters. The van der Waals surface area contributed by atoms with Crippen molar-refractivity contribution in [3.63, 3.8) is 0 Å².